The summed E-state index contributed by atoms with van der Waals surface area (Å²) in [4.78, 5) is 22.4. The summed E-state index contributed by atoms with van der Waals surface area (Å²) in [6, 6.07) is 12.3. The number of aliphatic imine (C=N–C) groups is 1. The highest BCUT2D eigenvalue weighted by atomic mass is 19.1. The van der Waals surface area contributed by atoms with Crippen molar-refractivity contribution >= 4 is 17.4 Å². The average molecular weight is 364 g/mol. The Kier molecular flexibility index (Phi) is 4.00. The number of rotatable bonds is 1. The minimum absolute atomic E-state index is 0.106. The summed E-state index contributed by atoms with van der Waals surface area (Å²) < 4.78 is 15.2. The van der Waals surface area contributed by atoms with Gasteiger partial charge in [0, 0.05) is 30.4 Å². The van der Waals surface area contributed by atoms with E-state index in [4.69, 9.17) is 11.0 Å². The Morgan fingerprint density at radius 3 is 2.89 bits per heavy atom. The van der Waals surface area contributed by atoms with Crippen LogP contribution in [0.15, 0.2) is 47.6 Å². The molecule has 0 radical (unpaired) electrons. The average Bonchev–Trinajstić information content (AvgIpc) is 2.70. The molecule has 136 valence electrons. The summed E-state index contributed by atoms with van der Waals surface area (Å²) in [5, 5.41) is 12.0. The van der Waals surface area contributed by atoms with Crippen LogP contribution in [0.4, 0.5) is 10.1 Å². The van der Waals surface area contributed by atoms with E-state index in [0.717, 1.165) is 11.3 Å². The number of likely N-dealkylation sites (tertiary alicyclic amines) is 1. The molecule has 1 saturated heterocycles. The number of aromatic nitrogens is 1. The second-order valence-electron chi connectivity index (χ2n) is 6.60. The van der Waals surface area contributed by atoms with Gasteiger partial charge in [-0.25, -0.2) is 14.4 Å². The monoisotopic (exact) mass is 364 g/mol. The molecule has 8 heteroatoms. The number of amides is 1. The van der Waals surface area contributed by atoms with Gasteiger partial charge in [-0.2, -0.15) is 5.26 Å². The summed E-state index contributed by atoms with van der Waals surface area (Å²) in [5.74, 6) is -0.0271. The van der Waals surface area contributed by atoms with Gasteiger partial charge in [0.2, 0.25) is 0 Å². The topological polar surface area (TPSA) is 107 Å². The minimum atomic E-state index is -1.42. The van der Waals surface area contributed by atoms with Crippen LogP contribution in [0.2, 0.25) is 0 Å². The van der Waals surface area contributed by atoms with E-state index < -0.39 is 11.8 Å². The van der Waals surface area contributed by atoms with E-state index in [0.29, 0.717) is 24.4 Å². The molecule has 1 aromatic heterocycles. The molecule has 0 aliphatic carbocycles. The first-order chi connectivity index (χ1) is 13.0. The normalized spacial score (nSPS) is 23.8. The van der Waals surface area contributed by atoms with E-state index in [1.807, 2.05) is 30.3 Å². The highest BCUT2D eigenvalue weighted by Crippen LogP contribution is 2.36. The Hall–Kier alpha value is -3.47. The number of carbonyl (C=O) groups is 1. The number of benzene rings is 1. The number of carbonyl (C=O) groups excluding carboxylic acids is 1. The SMILES string of the molecule is N#Cc1ccc(C(=O)N2CC[C@@]3(N=C(N)c4ccccc4N3)[C@@H](F)C2)cn1. The van der Waals surface area contributed by atoms with Gasteiger partial charge in [0.05, 0.1) is 12.1 Å². The molecule has 1 amide bonds. The van der Waals surface area contributed by atoms with E-state index in [-0.39, 0.29) is 18.1 Å². The fourth-order valence-corrected chi connectivity index (χ4v) is 3.47. The zero-order valence-electron chi connectivity index (χ0n) is 14.4. The van der Waals surface area contributed by atoms with Gasteiger partial charge in [-0.3, -0.25) is 4.79 Å². The number of nitriles is 1. The molecular weight excluding hydrogens is 347 g/mol. The van der Waals surface area contributed by atoms with E-state index in [9.17, 15) is 4.79 Å². The molecular formula is C19H17FN6O. The Morgan fingerprint density at radius 2 is 2.19 bits per heavy atom. The fourth-order valence-electron chi connectivity index (χ4n) is 3.47. The maximum atomic E-state index is 15.2. The van der Waals surface area contributed by atoms with Crippen molar-refractivity contribution in [1.29, 1.82) is 5.26 Å². The molecule has 1 aromatic carbocycles. The maximum Gasteiger partial charge on any atom is 0.255 e. The van der Waals surface area contributed by atoms with E-state index in [1.54, 1.807) is 0 Å². The quantitative estimate of drug-likeness (QED) is 0.800. The lowest BCUT2D eigenvalue weighted by Gasteiger charge is -2.44. The largest absolute Gasteiger partial charge is 0.383 e. The third kappa shape index (κ3) is 2.87. The van der Waals surface area contributed by atoms with Crippen molar-refractivity contribution in [3.8, 4) is 6.07 Å². The molecule has 27 heavy (non-hydrogen) atoms. The zero-order valence-corrected chi connectivity index (χ0v) is 14.4. The summed E-state index contributed by atoms with van der Waals surface area (Å²) in [6.45, 7) is 0.218. The van der Waals surface area contributed by atoms with Crippen molar-refractivity contribution in [1.82, 2.24) is 9.88 Å². The van der Waals surface area contributed by atoms with Gasteiger partial charge in [-0.1, -0.05) is 12.1 Å². The van der Waals surface area contributed by atoms with Crippen LogP contribution in [0.3, 0.4) is 0 Å². The summed E-state index contributed by atoms with van der Waals surface area (Å²) >= 11 is 0. The van der Waals surface area contributed by atoms with Crippen LogP contribution in [-0.4, -0.2) is 46.6 Å². The number of pyridine rings is 1. The number of amidine groups is 1. The Bertz CT molecular complexity index is 967. The number of hydrogen-bond acceptors (Lipinski definition) is 6. The van der Waals surface area contributed by atoms with E-state index in [1.165, 1.54) is 23.2 Å². The van der Waals surface area contributed by atoms with Gasteiger partial charge in [0.25, 0.3) is 5.91 Å². The van der Waals surface area contributed by atoms with Crippen molar-refractivity contribution in [2.75, 3.05) is 18.4 Å². The smallest absolute Gasteiger partial charge is 0.255 e. The Morgan fingerprint density at radius 1 is 1.37 bits per heavy atom. The van der Waals surface area contributed by atoms with Crippen molar-refractivity contribution in [2.45, 2.75) is 18.3 Å². The maximum absolute atomic E-state index is 15.2. The number of nitrogens with zero attached hydrogens (tertiary/aromatic N) is 4. The fraction of sp³-hybridized carbons (Fsp3) is 0.263. The lowest BCUT2D eigenvalue weighted by molar-refractivity contribution is 0.0494. The van der Waals surface area contributed by atoms with Gasteiger partial charge in [-0.15, -0.1) is 0 Å². The molecule has 2 atom stereocenters. The first kappa shape index (κ1) is 17.0. The van der Waals surface area contributed by atoms with Crippen molar-refractivity contribution < 1.29 is 9.18 Å². The highest BCUT2D eigenvalue weighted by molar-refractivity contribution is 6.04. The van der Waals surface area contributed by atoms with E-state index in [2.05, 4.69) is 15.3 Å². The standard InChI is InChI=1S/C19H17FN6O/c20-16-11-26(18(27)12-5-6-13(9-21)23-10-12)8-7-19(16)24-15-4-2-1-3-14(15)17(22)25-19/h1-6,10,16,24H,7-8,11H2,(H2,22,25)/t16-,19+/m0/s1. The molecule has 2 aliphatic rings. The van der Waals surface area contributed by atoms with Crippen LogP contribution in [-0.2, 0) is 0 Å². The molecule has 1 fully saturated rings. The number of halogens is 1. The molecule has 3 N–H and O–H groups in total. The van der Waals surface area contributed by atoms with Gasteiger partial charge in [0.15, 0.2) is 11.8 Å². The van der Waals surface area contributed by atoms with Crippen LogP contribution in [0.1, 0.15) is 28.0 Å². The molecule has 0 unspecified atom stereocenters. The predicted octanol–water partition coefficient (Wildman–Crippen LogP) is 1.66. The minimum Gasteiger partial charge on any atom is -0.383 e. The van der Waals surface area contributed by atoms with Crippen LogP contribution < -0.4 is 11.1 Å². The molecule has 2 aromatic rings. The second-order valence-corrected chi connectivity index (χ2v) is 6.60. The van der Waals surface area contributed by atoms with Gasteiger partial charge in [0.1, 0.15) is 17.6 Å². The number of nitrogens with two attached hydrogens (primary N) is 1. The number of alkyl halides is 1. The van der Waals surface area contributed by atoms with Crippen LogP contribution >= 0.6 is 0 Å². The number of hydrogen-bond donors (Lipinski definition) is 2. The third-order valence-electron chi connectivity index (χ3n) is 4.95. The predicted molar refractivity (Wildman–Crippen MR) is 97.9 cm³/mol. The van der Waals surface area contributed by atoms with Crippen LogP contribution in [0, 0.1) is 11.3 Å². The van der Waals surface area contributed by atoms with Crippen molar-refractivity contribution in [2.24, 2.45) is 10.7 Å². The molecule has 0 saturated carbocycles. The van der Waals surface area contributed by atoms with Crippen molar-refractivity contribution in [3.63, 3.8) is 0 Å². The number of nitrogens with one attached hydrogen (secondary N) is 1. The van der Waals surface area contributed by atoms with Gasteiger partial charge in [-0.05, 0) is 24.3 Å². The molecule has 2 aliphatic heterocycles. The van der Waals surface area contributed by atoms with Crippen LogP contribution in [0.25, 0.3) is 0 Å². The zero-order chi connectivity index (χ0) is 19.0. The molecule has 1 spiro atoms. The number of fused-ring (bicyclic) bond motifs is 1. The summed E-state index contributed by atoms with van der Waals surface area (Å²) in [7, 11) is 0. The van der Waals surface area contributed by atoms with Crippen LogP contribution in [0.5, 0.6) is 0 Å². The second kappa shape index (κ2) is 6.36. The van der Waals surface area contributed by atoms with Gasteiger partial charge >= 0.3 is 0 Å². The highest BCUT2D eigenvalue weighted by Gasteiger charge is 2.47. The lowest BCUT2D eigenvalue weighted by atomic mass is 9.91. The molecule has 7 nitrogen and oxygen atoms in total. The third-order valence-corrected chi connectivity index (χ3v) is 4.95. The molecule has 4 rings (SSSR count). The number of piperidine rings is 1. The van der Waals surface area contributed by atoms with E-state index >= 15 is 4.39 Å². The molecule has 3 heterocycles. The first-order valence-corrected chi connectivity index (χ1v) is 8.55. The lowest BCUT2D eigenvalue weighted by Crippen LogP contribution is -2.59. The summed E-state index contributed by atoms with van der Waals surface area (Å²) in [6.07, 6.45) is 0.205. The Labute approximate surface area is 155 Å². The van der Waals surface area contributed by atoms with Crippen molar-refractivity contribution in [3.05, 3.63) is 59.4 Å². The molecule has 0 bridgehead atoms. The number of para-hydroxylation sites is 1. The Balaban J connectivity index is 1.54. The summed E-state index contributed by atoms with van der Waals surface area (Å²) in [5.41, 5.74) is 6.92. The first-order valence-electron chi connectivity index (χ1n) is 8.55. The number of anilines is 1. The van der Waals surface area contributed by atoms with Gasteiger partial charge < -0.3 is 16.0 Å².